The van der Waals surface area contributed by atoms with Crippen molar-refractivity contribution >= 4 is 16.7 Å². The van der Waals surface area contributed by atoms with Gasteiger partial charge in [-0.1, -0.05) is 24.3 Å². The lowest BCUT2D eigenvalue weighted by molar-refractivity contribution is 0.0664. The van der Waals surface area contributed by atoms with Crippen molar-refractivity contribution in [3.8, 4) is 0 Å². The van der Waals surface area contributed by atoms with E-state index in [-0.39, 0.29) is 11.9 Å². The lowest BCUT2D eigenvalue weighted by atomic mass is 10.1. The largest absolute Gasteiger partial charge is 0.334 e. The Morgan fingerprint density at radius 2 is 2.10 bits per heavy atom. The zero-order valence-electron chi connectivity index (χ0n) is 11.4. The first kappa shape index (κ1) is 13.0. The number of pyridine rings is 1. The van der Waals surface area contributed by atoms with E-state index in [0.717, 1.165) is 23.6 Å². The van der Waals surface area contributed by atoms with Crippen LogP contribution < -0.4 is 0 Å². The number of hydrogen-bond donors (Lipinski definition) is 0. The van der Waals surface area contributed by atoms with Crippen molar-refractivity contribution in [2.24, 2.45) is 0 Å². The van der Waals surface area contributed by atoms with Crippen molar-refractivity contribution in [1.29, 1.82) is 0 Å². The molecule has 1 fully saturated rings. The quantitative estimate of drug-likeness (QED) is 0.841. The summed E-state index contributed by atoms with van der Waals surface area (Å²) in [6.07, 6.45) is 2.83. The number of nitrogens with zero attached hydrogens (tertiary/aromatic N) is 2. The van der Waals surface area contributed by atoms with Crippen LogP contribution in [0.2, 0.25) is 0 Å². The summed E-state index contributed by atoms with van der Waals surface area (Å²) in [5, 5.41) is 1.79. The lowest BCUT2D eigenvalue weighted by Crippen LogP contribution is -2.40. The van der Waals surface area contributed by atoms with E-state index in [1.165, 1.54) is 4.90 Å². The Labute approximate surface area is 117 Å². The fourth-order valence-corrected chi connectivity index (χ4v) is 2.94. The van der Waals surface area contributed by atoms with Crippen molar-refractivity contribution in [3.63, 3.8) is 0 Å². The monoisotopic (exact) mass is 272 g/mol. The van der Waals surface area contributed by atoms with Gasteiger partial charge in [-0.05, 0) is 30.7 Å². The smallest absolute Gasteiger partial charge is 0.273 e. The van der Waals surface area contributed by atoms with Crippen LogP contribution in [-0.2, 0) is 0 Å². The molecule has 3 rings (SSSR count). The molecule has 0 saturated heterocycles. The standard InChI is InChI=1S/C16H17FN2O/c1-19(14-8-4-7-13(14)17)16(20)15-12-6-3-2-5-11(12)9-10-18-15/h2-3,5-6,9-10,13-14H,4,7-8H2,1H3. The van der Waals surface area contributed by atoms with Gasteiger partial charge in [0, 0.05) is 18.6 Å². The first-order valence-electron chi connectivity index (χ1n) is 6.93. The van der Waals surface area contributed by atoms with Crippen LogP contribution in [0.5, 0.6) is 0 Å². The maximum absolute atomic E-state index is 13.8. The second-order valence-corrected chi connectivity index (χ2v) is 5.31. The van der Waals surface area contributed by atoms with Gasteiger partial charge in [0.2, 0.25) is 0 Å². The van der Waals surface area contributed by atoms with Gasteiger partial charge in [0.1, 0.15) is 11.9 Å². The molecule has 0 N–H and O–H groups in total. The molecule has 0 aliphatic heterocycles. The summed E-state index contributed by atoms with van der Waals surface area (Å²) in [5.74, 6) is -0.198. The summed E-state index contributed by atoms with van der Waals surface area (Å²) in [6, 6.07) is 9.19. The van der Waals surface area contributed by atoms with Gasteiger partial charge in [-0.2, -0.15) is 0 Å². The van der Waals surface area contributed by atoms with E-state index in [9.17, 15) is 9.18 Å². The van der Waals surface area contributed by atoms with Crippen LogP contribution in [0.1, 0.15) is 29.8 Å². The van der Waals surface area contributed by atoms with Crippen molar-refractivity contribution < 1.29 is 9.18 Å². The number of aromatic nitrogens is 1. The zero-order valence-corrected chi connectivity index (χ0v) is 11.4. The van der Waals surface area contributed by atoms with E-state index < -0.39 is 6.17 Å². The number of hydrogen-bond acceptors (Lipinski definition) is 2. The number of amides is 1. The van der Waals surface area contributed by atoms with Crippen LogP contribution in [-0.4, -0.2) is 35.1 Å². The molecule has 2 aromatic rings. The molecule has 1 aliphatic carbocycles. The minimum absolute atomic E-state index is 0.198. The molecule has 104 valence electrons. The SMILES string of the molecule is CN(C(=O)c1nccc2ccccc12)C1CCCC1F. The van der Waals surface area contributed by atoms with Crippen LogP contribution in [0.3, 0.4) is 0 Å². The fraction of sp³-hybridized carbons (Fsp3) is 0.375. The lowest BCUT2D eigenvalue weighted by Gasteiger charge is -2.26. The molecule has 0 spiro atoms. The third kappa shape index (κ3) is 2.15. The minimum Gasteiger partial charge on any atom is -0.334 e. The number of halogens is 1. The Bertz CT molecular complexity index is 638. The Morgan fingerprint density at radius 1 is 1.30 bits per heavy atom. The highest BCUT2D eigenvalue weighted by Gasteiger charge is 2.33. The van der Waals surface area contributed by atoms with Gasteiger partial charge in [0.25, 0.3) is 5.91 Å². The number of carbonyl (C=O) groups is 1. The van der Waals surface area contributed by atoms with Crippen LogP contribution in [0.4, 0.5) is 4.39 Å². The second kappa shape index (κ2) is 5.19. The van der Waals surface area contributed by atoms with Crippen molar-refractivity contribution in [2.75, 3.05) is 7.05 Å². The molecule has 4 heteroatoms. The molecule has 2 atom stereocenters. The van der Waals surface area contributed by atoms with Gasteiger partial charge in [-0.3, -0.25) is 9.78 Å². The molecule has 1 amide bonds. The van der Waals surface area contributed by atoms with E-state index >= 15 is 0 Å². The van der Waals surface area contributed by atoms with Gasteiger partial charge in [0.15, 0.2) is 0 Å². The number of rotatable bonds is 2. The normalized spacial score (nSPS) is 22.1. The molecule has 2 unspecified atom stereocenters. The maximum Gasteiger partial charge on any atom is 0.273 e. The van der Waals surface area contributed by atoms with E-state index in [0.29, 0.717) is 12.1 Å². The Kier molecular flexibility index (Phi) is 3.38. The van der Waals surface area contributed by atoms with Gasteiger partial charge >= 0.3 is 0 Å². The van der Waals surface area contributed by atoms with E-state index in [2.05, 4.69) is 4.98 Å². The minimum atomic E-state index is -0.918. The van der Waals surface area contributed by atoms with E-state index in [1.807, 2.05) is 30.3 Å². The number of alkyl halides is 1. The highest BCUT2D eigenvalue weighted by atomic mass is 19.1. The predicted molar refractivity (Wildman–Crippen MR) is 76.4 cm³/mol. The molecule has 20 heavy (non-hydrogen) atoms. The number of fused-ring (bicyclic) bond motifs is 1. The summed E-state index contributed by atoms with van der Waals surface area (Å²) in [4.78, 5) is 18.3. The summed E-state index contributed by atoms with van der Waals surface area (Å²) < 4.78 is 13.8. The highest BCUT2D eigenvalue weighted by Crippen LogP contribution is 2.27. The molecule has 1 aliphatic rings. The zero-order chi connectivity index (χ0) is 14.1. The molecular weight excluding hydrogens is 255 g/mol. The molecule has 0 radical (unpaired) electrons. The number of benzene rings is 1. The van der Waals surface area contributed by atoms with Crippen molar-refractivity contribution in [3.05, 3.63) is 42.2 Å². The first-order valence-corrected chi connectivity index (χ1v) is 6.93. The highest BCUT2D eigenvalue weighted by molar-refractivity contribution is 6.05. The summed E-state index contributed by atoms with van der Waals surface area (Å²) in [6.45, 7) is 0. The van der Waals surface area contributed by atoms with Gasteiger partial charge in [-0.15, -0.1) is 0 Å². The predicted octanol–water partition coefficient (Wildman–Crippen LogP) is 3.20. The van der Waals surface area contributed by atoms with Crippen molar-refractivity contribution in [1.82, 2.24) is 9.88 Å². The third-order valence-corrected chi connectivity index (χ3v) is 4.09. The summed E-state index contributed by atoms with van der Waals surface area (Å²) in [5.41, 5.74) is 0.407. The average Bonchev–Trinajstić information content (AvgIpc) is 2.91. The summed E-state index contributed by atoms with van der Waals surface area (Å²) >= 11 is 0. The van der Waals surface area contributed by atoms with Gasteiger partial charge in [-0.25, -0.2) is 4.39 Å². The van der Waals surface area contributed by atoms with Gasteiger partial charge < -0.3 is 4.90 Å². The first-order chi connectivity index (χ1) is 9.68. The third-order valence-electron chi connectivity index (χ3n) is 4.09. The topological polar surface area (TPSA) is 33.2 Å². The fourth-order valence-electron chi connectivity index (χ4n) is 2.94. The van der Waals surface area contributed by atoms with Crippen LogP contribution >= 0.6 is 0 Å². The van der Waals surface area contributed by atoms with E-state index in [4.69, 9.17) is 0 Å². The van der Waals surface area contributed by atoms with Gasteiger partial charge in [0.05, 0.1) is 6.04 Å². The molecule has 1 aromatic carbocycles. The maximum atomic E-state index is 13.8. The Morgan fingerprint density at radius 3 is 2.85 bits per heavy atom. The van der Waals surface area contributed by atoms with Crippen LogP contribution in [0.25, 0.3) is 10.8 Å². The van der Waals surface area contributed by atoms with Crippen LogP contribution in [0, 0.1) is 0 Å². The Hall–Kier alpha value is -1.97. The van der Waals surface area contributed by atoms with E-state index in [1.54, 1.807) is 13.2 Å². The molecule has 3 nitrogen and oxygen atoms in total. The second-order valence-electron chi connectivity index (χ2n) is 5.31. The molecule has 0 bridgehead atoms. The van der Waals surface area contributed by atoms with Crippen LogP contribution in [0.15, 0.2) is 36.5 Å². The Balaban J connectivity index is 1.96. The summed E-state index contributed by atoms with van der Waals surface area (Å²) in [7, 11) is 1.67. The molecular formula is C16H17FN2O. The molecule has 1 saturated carbocycles. The molecule has 1 heterocycles. The molecule has 1 aromatic heterocycles. The van der Waals surface area contributed by atoms with Crippen molar-refractivity contribution in [2.45, 2.75) is 31.5 Å². The number of carbonyl (C=O) groups excluding carboxylic acids is 1. The average molecular weight is 272 g/mol.